The van der Waals surface area contributed by atoms with Crippen molar-refractivity contribution in [1.82, 2.24) is 20.1 Å². The Balaban J connectivity index is 1.61. The van der Waals surface area contributed by atoms with Crippen LogP contribution in [0.25, 0.3) is 28.0 Å². The molecule has 2 aromatic carbocycles. The lowest BCUT2D eigenvalue weighted by molar-refractivity contribution is -0.123. The van der Waals surface area contributed by atoms with Gasteiger partial charge in [0.15, 0.2) is 12.3 Å². The number of rotatable bonds is 10. The fourth-order valence-electron chi connectivity index (χ4n) is 3.63. The van der Waals surface area contributed by atoms with Gasteiger partial charge in [0, 0.05) is 31.4 Å². The summed E-state index contributed by atoms with van der Waals surface area (Å²) >= 11 is 0. The van der Waals surface area contributed by atoms with E-state index in [1.54, 1.807) is 0 Å². The van der Waals surface area contributed by atoms with Crippen molar-refractivity contribution in [3.05, 3.63) is 72.3 Å². The third kappa shape index (κ3) is 5.38. The van der Waals surface area contributed by atoms with Crippen LogP contribution in [0, 0.1) is 6.92 Å². The number of hydrogen-bond acceptors (Lipinski definition) is 5. The number of pyridine rings is 1. The van der Waals surface area contributed by atoms with E-state index in [1.807, 2.05) is 85.3 Å². The average Bonchev–Trinajstić information content (AvgIpc) is 3.24. The summed E-state index contributed by atoms with van der Waals surface area (Å²) in [5.41, 5.74) is 4.45. The second-order valence-corrected chi connectivity index (χ2v) is 7.63. The van der Waals surface area contributed by atoms with E-state index in [1.165, 1.54) is 0 Å². The molecule has 33 heavy (non-hydrogen) atoms. The number of carbonyl (C=O) groups excluding carboxylic acids is 1. The Morgan fingerprint density at radius 2 is 1.79 bits per heavy atom. The Hall–Kier alpha value is -3.71. The van der Waals surface area contributed by atoms with Crippen molar-refractivity contribution in [3.63, 3.8) is 0 Å². The van der Waals surface area contributed by atoms with Crippen LogP contribution in [0.1, 0.15) is 18.9 Å². The summed E-state index contributed by atoms with van der Waals surface area (Å²) in [5, 5.41) is 8.69. The van der Waals surface area contributed by atoms with Crippen molar-refractivity contribution in [1.29, 1.82) is 0 Å². The Morgan fingerprint density at radius 1 is 1.06 bits per heavy atom. The van der Waals surface area contributed by atoms with E-state index >= 15 is 0 Å². The van der Waals surface area contributed by atoms with E-state index in [4.69, 9.17) is 19.6 Å². The monoisotopic (exact) mass is 444 g/mol. The number of amides is 1. The molecule has 0 aliphatic rings. The maximum absolute atomic E-state index is 12.2. The van der Waals surface area contributed by atoms with Crippen LogP contribution in [0.15, 0.2) is 66.7 Å². The van der Waals surface area contributed by atoms with Crippen LogP contribution in [-0.2, 0) is 9.53 Å². The summed E-state index contributed by atoms with van der Waals surface area (Å²) in [6.07, 6.45) is 0.765. The van der Waals surface area contributed by atoms with Crippen molar-refractivity contribution in [2.45, 2.75) is 20.3 Å². The van der Waals surface area contributed by atoms with Gasteiger partial charge in [-0.1, -0.05) is 48.5 Å². The molecule has 2 heterocycles. The number of carbonyl (C=O) groups is 1. The molecule has 4 rings (SSSR count). The topological polar surface area (TPSA) is 78.3 Å². The zero-order chi connectivity index (χ0) is 23.0. The van der Waals surface area contributed by atoms with Gasteiger partial charge in [-0.15, -0.1) is 0 Å². The molecule has 0 fully saturated rings. The fourth-order valence-corrected chi connectivity index (χ4v) is 3.63. The summed E-state index contributed by atoms with van der Waals surface area (Å²) in [5.74, 6) is 0.203. The second kappa shape index (κ2) is 10.7. The molecular formula is C26H28N4O3. The highest BCUT2D eigenvalue weighted by Crippen LogP contribution is 2.33. The number of aryl methyl sites for hydroxylation is 1. The maximum atomic E-state index is 12.2. The Morgan fingerprint density at radius 3 is 2.52 bits per heavy atom. The summed E-state index contributed by atoms with van der Waals surface area (Å²) < 4.78 is 12.8. The van der Waals surface area contributed by atoms with E-state index in [0.717, 1.165) is 34.3 Å². The molecule has 0 saturated heterocycles. The van der Waals surface area contributed by atoms with Gasteiger partial charge in [0.2, 0.25) is 5.88 Å². The van der Waals surface area contributed by atoms with E-state index in [-0.39, 0.29) is 12.5 Å². The molecule has 0 bridgehead atoms. The Kier molecular flexibility index (Phi) is 7.32. The lowest BCUT2D eigenvalue weighted by atomic mass is 10.1. The van der Waals surface area contributed by atoms with Gasteiger partial charge in [0.25, 0.3) is 5.91 Å². The van der Waals surface area contributed by atoms with Gasteiger partial charge in [0.1, 0.15) is 5.69 Å². The van der Waals surface area contributed by atoms with Crippen LogP contribution in [0.3, 0.4) is 0 Å². The minimum atomic E-state index is -0.187. The molecule has 1 amide bonds. The average molecular weight is 445 g/mol. The quantitative estimate of drug-likeness (QED) is 0.369. The standard InChI is InChI=1S/C26H28N4O3/c1-3-32-16-10-15-27-22(31)18-33-23-17-19(2)24-25(20-11-6-4-7-12-20)29-30(26(24)28-23)21-13-8-5-9-14-21/h4-9,11-14,17H,3,10,15-16,18H2,1-2H3,(H,27,31). The molecule has 7 heteroatoms. The first-order valence-corrected chi connectivity index (χ1v) is 11.2. The zero-order valence-electron chi connectivity index (χ0n) is 19.0. The molecule has 2 aromatic heterocycles. The lowest BCUT2D eigenvalue weighted by Crippen LogP contribution is -2.30. The molecule has 0 aliphatic carbocycles. The van der Waals surface area contributed by atoms with Crippen LogP contribution in [0.5, 0.6) is 5.88 Å². The van der Waals surface area contributed by atoms with Gasteiger partial charge in [0.05, 0.1) is 11.1 Å². The summed E-state index contributed by atoms with van der Waals surface area (Å²) in [6, 6.07) is 21.8. The molecule has 1 N–H and O–H groups in total. The highest BCUT2D eigenvalue weighted by Gasteiger charge is 2.18. The Labute approximate surface area is 193 Å². The van der Waals surface area contributed by atoms with Crippen molar-refractivity contribution >= 4 is 16.9 Å². The number of benzene rings is 2. The first-order valence-electron chi connectivity index (χ1n) is 11.2. The minimum Gasteiger partial charge on any atom is -0.468 e. The number of hydrogen-bond donors (Lipinski definition) is 1. The van der Waals surface area contributed by atoms with Gasteiger partial charge >= 0.3 is 0 Å². The predicted molar refractivity (Wildman–Crippen MR) is 129 cm³/mol. The molecule has 0 atom stereocenters. The first-order chi connectivity index (χ1) is 16.2. The molecule has 170 valence electrons. The van der Waals surface area contributed by atoms with E-state index in [9.17, 15) is 4.79 Å². The zero-order valence-corrected chi connectivity index (χ0v) is 19.0. The van der Waals surface area contributed by atoms with Crippen LogP contribution >= 0.6 is 0 Å². The fraction of sp³-hybridized carbons (Fsp3) is 0.269. The second-order valence-electron chi connectivity index (χ2n) is 7.63. The molecule has 0 radical (unpaired) electrons. The van der Waals surface area contributed by atoms with Crippen molar-refractivity contribution in [3.8, 4) is 22.8 Å². The van der Waals surface area contributed by atoms with Crippen LogP contribution < -0.4 is 10.1 Å². The predicted octanol–water partition coefficient (Wildman–Crippen LogP) is 4.32. The van der Waals surface area contributed by atoms with E-state index in [2.05, 4.69) is 5.32 Å². The van der Waals surface area contributed by atoms with Gasteiger partial charge < -0.3 is 14.8 Å². The van der Waals surface area contributed by atoms with Crippen molar-refractivity contribution in [2.24, 2.45) is 0 Å². The molecule has 7 nitrogen and oxygen atoms in total. The van der Waals surface area contributed by atoms with E-state index in [0.29, 0.717) is 31.3 Å². The number of aromatic nitrogens is 3. The third-order valence-electron chi connectivity index (χ3n) is 5.20. The van der Waals surface area contributed by atoms with Crippen molar-refractivity contribution in [2.75, 3.05) is 26.4 Å². The lowest BCUT2D eigenvalue weighted by Gasteiger charge is -2.09. The minimum absolute atomic E-state index is 0.0996. The van der Waals surface area contributed by atoms with E-state index < -0.39 is 0 Å². The number of nitrogens with one attached hydrogen (secondary N) is 1. The van der Waals surface area contributed by atoms with Crippen LogP contribution in [-0.4, -0.2) is 47.0 Å². The van der Waals surface area contributed by atoms with Crippen LogP contribution in [0.2, 0.25) is 0 Å². The highest BCUT2D eigenvalue weighted by molar-refractivity contribution is 5.95. The number of nitrogens with zero attached hydrogens (tertiary/aromatic N) is 3. The summed E-state index contributed by atoms with van der Waals surface area (Å²) in [6.45, 7) is 5.71. The third-order valence-corrected chi connectivity index (χ3v) is 5.20. The van der Waals surface area contributed by atoms with Gasteiger partial charge in [-0.2, -0.15) is 10.1 Å². The Bertz CT molecular complexity index is 1210. The molecule has 0 aliphatic heterocycles. The highest BCUT2D eigenvalue weighted by atomic mass is 16.5. The largest absolute Gasteiger partial charge is 0.468 e. The maximum Gasteiger partial charge on any atom is 0.258 e. The molecule has 0 saturated carbocycles. The summed E-state index contributed by atoms with van der Waals surface area (Å²) in [4.78, 5) is 16.9. The smallest absolute Gasteiger partial charge is 0.258 e. The summed E-state index contributed by atoms with van der Waals surface area (Å²) in [7, 11) is 0. The number of fused-ring (bicyclic) bond motifs is 1. The normalized spacial score (nSPS) is 11.0. The number of ether oxygens (including phenoxy) is 2. The van der Waals surface area contributed by atoms with Crippen LogP contribution in [0.4, 0.5) is 0 Å². The SMILES string of the molecule is CCOCCCNC(=O)COc1cc(C)c2c(-c3ccccc3)nn(-c3ccccc3)c2n1. The van der Waals surface area contributed by atoms with Gasteiger partial charge in [-0.25, -0.2) is 4.68 Å². The van der Waals surface area contributed by atoms with Crippen molar-refractivity contribution < 1.29 is 14.3 Å². The first kappa shape index (κ1) is 22.5. The molecular weight excluding hydrogens is 416 g/mol. The molecule has 0 unspecified atom stereocenters. The van der Waals surface area contributed by atoms with Gasteiger partial charge in [-0.05, 0) is 38.0 Å². The number of para-hydroxylation sites is 1. The molecule has 4 aromatic rings. The van der Waals surface area contributed by atoms with Gasteiger partial charge in [-0.3, -0.25) is 4.79 Å². The molecule has 0 spiro atoms.